The number of hydrogen-bond acceptors (Lipinski definition) is 4. The molecule has 1 aliphatic rings. The molecular weight excluding hydrogens is 485 g/mol. The number of ether oxygens (including phenoxy) is 1. The minimum Gasteiger partial charge on any atom is -0.406 e. The molecule has 3 rings (SSSR count). The summed E-state index contributed by atoms with van der Waals surface area (Å²) in [6.07, 6.45) is -1.67. The Morgan fingerprint density at radius 1 is 1.27 bits per heavy atom. The van der Waals surface area contributed by atoms with Crippen molar-refractivity contribution in [2.45, 2.75) is 26.1 Å². The zero-order valence-electron chi connectivity index (χ0n) is 17.1. The topological polar surface area (TPSA) is 73.0 Å². The molecule has 1 unspecified atom stereocenters. The van der Waals surface area contributed by atoms with Crippen LogP contribution in [0.25, 0.3) is 0 Å². The molecule has 1 N–H and O–H groups in total. The largest absolute Gasteiger partial charge is 0.573 e. The average molecular weight is 502 g/mol. The molecule has 33 heavy (non-hydrogen) atoms. The van der Waals surface area contributed by atoms with Gasteiger partial charge in [-0.1, -0.05) is 42.6 Å². The molecule has 2 aromatic rings. The van der Waals surface area contributed by atoms with Gasteiger partial charge in [-0.2, -0.15) is 10.4 Å². The van der Waals surface area contributed by atoms with Crippen LogP contribution in [0.5, 0.6) is 5.75 Å². The molecule has 174 valence electrons. The summed E-state index contributed by atoms with van der Waals surface area (Å²) in [7, 11) is 0. The summed E-state index contributed by atoms with van der Waals surface area (Å²) in [5.41, 5.74) is 1.22. The summed E-state index contributed by atoms with van der Waals surface area (Å²) in [4.78, 5) is 4.10. The van der Waals surface area contributed by atoms with Crippen LogP contribution in [0.1, 0.15) is 25.3 Å². The first-order valence-corrected chi connectivity index (χ1v) is 10.5. The van der Waals surface area contributed by atoms with Crippen LogP contribution in [0.3, 0.4) is 0 Å². The third-order valence-corrected chi connectivity index (χ3v) is 5.34. The van der Waals surface area contributed by atoms with Crippen molar-refractivity contribution < 1.29 is 22.3 Å². The summed E-state index contributed by atoms with van der Waals surface area (Å²) in [6.45, 7) is 2.34. The van der Waals surface area contributed by atoms with Gasteiger partial charge in [-0.05, 0) is 30.2 Å². The van der Waals surface area contributed by atoms with E-state index >= 15 is 0 Å². The molecule has 0 aliphatic carbocycles. The maximum Gasteiger partial charge on any atom is 0.573 e. The Morgan fingerprint density at radius 2 is 2.03 bits per heavy atom. The molecule has 1 heterocycles. The molecule has 0 amide bonds. The lowest BCUT2D eigenvalue weighted by Crippen LogP contribution is -2.35. The molecule has 0 bridgehead atoms. The number of rotatable bonds is 5. The number of nitrogens with one attached hydrogen (secondary N) is 1. The summed E-state index contributed by atoms with van der Waals surface area (Å²) in [5, 5.41) is 18.2. The minimum absolute atomic E-state index is 0.0467. The van der Waals surface area contributed by atoms with E-state index in [2.05, 4.69) is 20.1 Å². The van der Waals surface area contributed by atoms with E-state index in [0.29, 0.717) is 28.4 Å². The van der Waals surface area contributed by atoms with Crippen LogP contribution in [0.15, 0.2) is 46.5 Å². The number of nitrogens with zero attached hydrogens (tertiary/aromatic N) is 4. The normalized spacial score (nSPS) is 16.4. The van der Waals surface area contributed by atoms with Gasteiger partial charge in [0.2, 0.25) is 5.96 Å². The summed E-state index contributed by atoms with van der Waals surface area (Å²) < 4.78 is 55.2. The Bertz CT molecular complexity index is 1130. The number of benzene rings is 2. The molecule has 2 aromatic carbocycles. The van der Waals surface area contributed by atoms with Crippen molar-refractivity contribution in [3.63, 3.8) is 0 Å². The van der Waals surface area contributed by atoms with Crippen LogP contribution in [0, 0.1) is 23.2 Å². The van der Waals surface area contributed by atoms with Crippen molar-refractivity contribution in [2.75, 3.05) is 6.54 Å². The molecule has 12 heteroatoms. The summed E-state index contributed by atoms with van der Waals surface area (Å²) >= 11 is 12.1. The molecule has 1 atom stereocenters. The van der Waals surface area contributed by atoms with Crippen molar-refractivity contribution in [1.29, 1.82) is 5.26 Å². The van der Waals surface area contributed by atoms with Crippen molar-refractivity contribution in [3.8, 4) is 11.9 Å². The van der Waals surface area contributed by atoms with E-state index < -0.39 is 17.9 Å². The highest BCUT2D eigenvalue weighted by Gasteiger charge is 2.32. The van der Waals surface area contributed by atoms with Gasteiger partial charge in [0.1, 0.15) is 11.6 Å². The van der Waals surface area contributed by atoms with Gasteiger partial charge in [-0.15, -0.1) is 13.2 Å². The van der Waals surface area contributed by atoms with E-state index in [9.17, 15) is 17.6 Å². The molecule has 0 saturated heterocycles. The minimum atomic E-state index is -5.00. The molecule has 0 spiro atoms. The van der Waals surface area contributed by atoms with Gasteiger partial charge in [0, 0.05) is 18.1 Å². The number of halogens is 6. The van der Waals surface area contributed by atoms with Gasteiger partial charge >= 0.3 is 6.36 Å². The predicted octanol–water partition coefficient (Wildman–Crippen LogP) is 6.23. The van der Waals surface area contributed by atoms with Gasteiger partial charge in [0.25, 0.3) is 0 Å². The first-order valence-electron chi connectivity index (χ1n) is 9.71. The van der Waals surface area contributed by atoms with Gasteiger partial charge in [-0.3, -0.25) is 5.32 Å². The van der Waals surface area contributed by atoms with Gasteiger partial charge < -0.3 is 4.74 Å². The maximum absolute atomic E-state index is 13.9. The van der Waals surface area contributed by atoms with Gasteiger partial charge in [0.05, 0.1) is 28.0 Å². The maximum atomic E-state index is 13.9. The lowest BCUT2D eigenvalue weighted by molar-refractivity contribution is -0.274. The Morgan fingerprint density at radius 3 is 2.67 bits per heavy atom. The Balaban J connectivity index is 1.99. The number of aliphatic imine (C=N–C) groups is 1. The fourth-order valence-electron chi connectivity index (χ4n) is 3.33. The predicted molar refractivity (Wildman–Crippen MR) is 117 cm³/mol. The Hall–Kier alpha value is -3.03. The lowest BCUT2D eigenvalue weighted by Gasteiger charge is -2.16. The van der Waals surface area contributed by atoms with E-state index in [0.717, 1.165) is 30.5 Å². The van der Waals surface area contributed by atoms with Crippen LogP contribution in [0.4, 0.5) is 23.2 Å². The van der Waals surface area contributed by atoms with Crippen molar-refractivity contribution >= 4 is 40.6 Å². The number of nitriles is 1. The zero-order chi connectivity index (χ0) is 24.2. The van der Waals surface area contributed by atoms with E-state index in [1.54, 1.807) is 24.4 Å². The van der Waals surface area contributed by atoms with Crippen LogP contribution in [-0.4, -0.2) is 29.6 Å². The fraction of sp³-hybridized carbons (Fsp3) is 0.286. The fourth-order valence-corrected chi connectivity index (χ4v) is 3.63. The number of hydrogen-bond donors (Lipinski definition) is 1. The second-order valence-corrected chi connectivity index (χ2v) is 7.86. The molecular formula is C21H17Cl2F4N5O. The zero-order valence-corrected chi connectivity index (χ0v) is 18.6. The first kappa shape index (κ1) is 24.6. The van der Waals surface area contributed by atoms with E-state index in [1.807, 2.05) is 6.92 Å². The average Bonchev–Trinajstić information content (AvgIpc) is 3.12. The van der Waals surface area contributed by atoms with Crippen LogP contribution in [0.2, 0.25) is 10.0 Å². The van der Waals surface area contributed by atoms with E-state index in [1.165, 1.54) is 5.01 Å². The van der Waals surface area contributed by atoms with Crippen LogP contribution >= 0.6 is 23.2 Å². The highest BCUT2D eigenvalue weighted by molar-refractivity contribution is 6.42. The van der Waals surface area contributed by atoms with Gasteiger partial charge in [-0.25, -0.2) is 14.4 Å². The molecule has 0 radical (unpaired) electrons. The van der Waals surface area contributed by atoms with E-state index in [4.69, 9.17) is 28.5 Å². The molecule has 0 aromatic heterocycles. The monoisotopic (exact) mass is 501 g/mol. The molecule has 1 aliphatic heterocycles. The van der Waals surface area contributed by atoms with Crippen molar-refractivity contribution in [3.05, 3.63) is 57.8 Å². The highest BCUT2D eigenvalue weighted by atomic mass is 35.5. The SMILES string of the molecule is CCCC1CN(C(=Nc2cc(F)cc(OC(F)(F)F)c2)NC#N)N=C1c1ccc(Cl)c(Cl)c1. The second kappa shape index (κ2) is 10.3. The second-order valence-electron chi connectivity index (χ2n) is 7.05. The Labute approximate surface area is 197 Å². The summed E-state index contributed by atoms with van der Waals surface area (Å²) in [5.74, 6) is -1.90. The third-order valence-electron chi connectivity index (χ3n) is 4.60. The number of alkyl halides is 3. The number of hydrazone groups is 1. The van der Waals surface area contributed by atoms with Crippen molar-refractivity contribution in [1.82, 2.24) is 10.3 Å². The van der Waals surface area contributed by atoms with Gasteiger partial charge in [0.15, 0.2) is 6.19 Å². The molecule has 0 saturated carbocycles. The van der Waals surface area contributed by atoms with E-state index in [-0.39, 0.29) is 17.6 Å². The van der Waals surface area contributed by atoms with Crippen LogP contribution < -0.4 is 10.1 Å². The number of guanidine groups is 1. The standard InChI is InChI=1S/C21H17Cl2F4N5O/c1-2-3-13-10-32(31-19(13)12-4-5-17(22)18(23)6-12)20(29-11-28)30-15-7-14(24)8-16(9-15)33-21(25,26)27/h4-9,13H,2-3,10H2,1H3,(H,29,30). The third kappa shape index (κ3) is 6.49. The highest BCUT2D eigenvalue weighted by Crippen LogP contribution is 2.30. The summed E-state index contributed by atoms with van der Waals surface area (Å²) in [6, 6.07) is 7.48. The van der Waals surface area contributed by atoms with Crippen LogP contribution in [-0.2, 0) is 0 Å². The smallest absolute Gasteiger partial charge is 0.406 e. The molecule has 0 fully saturated rings. The van der Waals surface area contributed by atoms with Crippen molar-refractivity contribution in [2.24, 2.45) is 16.0 Å². The first-order chi connectivity index (χ1) is 15.6. The lowest BCUT2D eigenvalue weighted by atomic mass is 9.93. The molecule has 6 nitrogen and oxygen atoms in total. The Kier molecular flexibility index (Phi) is 7.66. The quantitative estimate of drug-likeness (QED) is 0.173.